The Morgan fingerprint density at radius 2 is 2.00 bits per heavy atom. The predicted octanol–water partition coefficient (Wildman–Crippen LogP) is 2.56. The smallest absolute Gasteiger partial charge is 0.0723 e. The number of benzene rings is 1. The van der Waals surface area contributed by atoms with Crippen LogP contribution in [0.4, 0.5) is 0 Å². The summed E-state index contributed by atoms with van der Waals surface area (Å²) in [5, 5.41) is 0. The maximum atomic E-state index is 12.1. The number of rotatable bonds is 3. The van der Waals surface area contributed by atoms with Crippen LogP contribution in [0, 0.1) is 11.8 Å². The van der Waals surface area contributed by atoms with Crippen LogP contribution in [0.5, 0.6) is 0 Å². The van der Waals surface area contributed by atoms with Crippen LogP contribution in [0.1, 0.15) is 13.3 Å². The maximum Gasteiger partial charge on any atom is 0.0723 e. The fraction of sp³-hybridized carbons (Fsp3) is 0.333. The van der Waals surface area contributed by atoms with Crippen LogP contribution in [-0.4, -0.2) is 17.0 Å². The van der Waals surface area contributed by atoms with Gasteiger partial charge in [-0.3, -0.25) is 0 Å². The van der Waals surface area contributed by atoms with E-state index in [0.29, 0.717) is 13.0 Å². The van der Waals surface area contributed by atoms with Crippen molar-refractivity contribution in [3.8, 4) is 11.8 Å². The Kier molecular flexibility index (Phi) is 4.38. The molecule has 80 valence electrons. The minimum absolute atomic E-state index is 0.533. The third-order valence-corrected chi connectivity index (χ3v) is 3.75. The van der Waals surface area contributed by atoms with E-state index in [1.807, 2.05) is 30.3 Å². The average Bonchev–Trinajstić information content (AvgIpc) is 2.26. The fourth-order valence-electron chi connectivity index (χ4n) is 1.15. The van der Waals surface area contributed by atoms with E-state index in [0.717, 1.165) is 4.90 Å². The minimum Gasteiger partial charge on any atom is -0.245 e. The van der Waals surface area contributed by atoms with Gasteiger partial charge >= 0.3 is 0 Å². The van der Waals surface area contributed by atoms with E-state index in [2.05, 4.69) is 16.2 Å². The molecule has 0 heterocycles. The summed E-state index contributed by atoms with van der Waals surface area (Å²) in [4.78, 5) is 0.787. The molecule has 0 fully saturated rings. The van der Waals surface area contributed by atoms with Gasteiger partial charge in [-0.15, -0.1) is 11.8 Å². The third-order valence-electron chi connectivity index (χ3n) is 1.93. The summed E-state index contributed by atoms with van der Waals surface area (Å²) in [5.74, 6) is 5.69. The van der Waals surface area contributed by atoms with Gasteiger partial charge in [0.25, 0.3) is 0 Å². The van der Waals surface area contributed by atoms with Crippen LogP contribution < -0.4 is 0 Å². The molecular formula is C12H15NOS. The highest BCUT2D eigenvalue weighted by atomic mass is 32.2. The SMILES string of the molecule is CC#CCCN=[S@@](C)(=O)c1ccccc1. The molecular weight excluding hydrogens is 206 g/mol. The molecule has 0 spiro atoms. The molecule has 0 bridgehead atoms. The Morgan fingerprint density at radius 3 is 2.60 bits per heavy atom. The Morgan fingerprint density at radius 1 is 1.33 bits per heavy atom. The molecule has 15 heavy (non-hydrogen) atoms. The van der Waals surface area contributed by atoms with Gasteiger partial charge in [-0.05, 0) is 19.1 Å². The molecule has 0 radical (unpaired) electrons. The van der Waals surface area contributed by atoms with Gasteiger partial charge in [0.2, 0.25) is 0 Å². The standard InChI is InChI=1S/C12H15NOS/c1-3-4-8-11-13-15(2,14)12-9-6-5-7-10-12/h5-7,9-10H,8,11H2,1-2H3/t15-/m0/s1. The summed E-state index contributed by atoms with van der Waals surface area (Å²) in [7, 11) is -2.23. The van der Waals surface area contributed by atoms with Crippen molar-refractivity contribution in [2.24, 2.45) is 4.36 Å². The second-order valence-electron chi connectivity index (χ2n) is 3.15. The van der Waals surface area contributed by atoms with Gasteiger partial charge in [-0.1, -0.05) is 18.2 Å². The number of nitrogens with zero attached hydrogens (tertiary/aromatic N) is 1. The van der Waals surface area contributed by atoms with Crippen molar-refractivity contribution in [2.75, 3.05) is 12.8 Å². The van der Waals surface area contributed by atoms with E-state index < -0.39 is 9.73 Å². The van der Waals surface area contributed by atoms with E-state index >= 15 is 0 Å². The molecule has 0 aliphatic carbocycles. The topological polar surface area (TPSA) is 29.4 Å². The van der Waals surface area contributed by atoms with Gasteiger partial charge in [0.1, 0.15) is 0 Å². The van der Waals surface area contributed by atoms with Crippen LogP contribution in [0.25, 0.3) is 0 Å². The van der Waals surface area contributed by atoms with E-state index in [1.165, 1.54) is 0 Å². The Hall–Kier alpha value is -1.27. The van der Waals surface area contributed by atoms with Crippen LogP contribution >= 0.6 is 0 Å². The molecule has 1 aromatic carbocycles. The summed E-state index contributed by atoms with van der Waals surface area (Å²) in [5.41, 5.74) is 0. The summed E-state index contributed by atoms with van der Waals surface area (Å²) >= 11 is 0. The molecule has 1 aromatic rings. The van der Waals surface area contributed by atoms with Crippen LogP contribution in [0.2, 0.25) is 0 Å². The van der Waals surface area contributed by atoms with E-state index in [-0.39, 0.29) is 0 Å². The molecule has 0 aliphatic rings. The Labute approximate surface area is 91.9 Å². The lowest BCUT2D eigenvalue weighted by Crippen LogP contribution is -1.98. The van der Waals surface area contributed by atoms with E-state index in [9.17, 15) is 4.21 Å². The summed E-state index contributed by atoms with van der Waals surface area (Å²) in [6.45, 7) is 2.32. The molecule has 1 rings (SSSR count). The van der Waals surface area contributed by atoms with Crippen LogP contribution in [-0.2, 0) is 9.73 Å². The Bertz CT molecular complexity index is 473. The second kappa shape index (κ2) is 5.57. The van der Waals surface area contributed by atoms with Crippen LogP contribution in [0.15, 0.2) is 39.6 Å². The van der Waals surface area contributed by atoms with Gasteiger partial charge in [0.15, 0.2) is 0 Å². The molecule has 0 amide bonds. The lowest BCUT2D eigenvalue weighted by molar-refractivity contribution is 0.678. The summed E-state index contributed by atoms with van der Waals surface area (Å²) < 4.78 is 16.3. The Balaban J connectivity index is 2.82. The monoisotopic (exact) mass is 221 g/mol. The number of hydrogen-bond acceptors (Lipinski definition) is 2. The molecule has 0 aliphatic heterocycles. The zero-order chi connectivity index (χ0) is 11.1. The third kappa shape index (κ3) is 3.77. The lowest BCUT2D eigenvalue weighted by atomic mass is 10.4. The quantitative estimate of drug-likeness (QED) is 0.569. The van der Waals surface area contributed by atoms with Crippen molar-refractivity contribution < 1.29 is 4.21 Å². The van der Waals surface area contributed by atoms with Gasteiger partial charge in [-0.2, -0.15) is 0 Å². The molecule has 0 aromatic heterocycles. The van der Waals surface area contributed by atoms with Crippen molar-refractivity contribution in [1.82, 2.24) is 0 Å². The summed E-state index contributed by atoms with van der Waals surface area (Å²) in [6, 6.07) is 9.34. The first-order valence-electron chi connectivity index (χ1n) is 4.79. The van der Waals surface area contributed by atoms with Gasteiger partial charge in [0, 0.05) is 17.6 Å². The normalized spacial score (nSPS) is 13.5. The lowest BCUT2D eigenvalue weighted by Gasteiger charge is -2.02. The molecule has 0 N–H and O–H groups in total. The first kappa shape index (κ1) is 11.8. The molecule has 2 nitrogen and oxygen atoms in total. The fourth-order valence-corrected chi connectivity index (χ4v) is 2.40. The van der Waals surface area contributed by atoms with Gasteiger partial charge in [-0.25, -0.2) is 8.57 Å². The highest BCUT2D eigenvalue weighted by Gasteiger charge is 2.02. The van der Waals surface area contributed by atoms with Crippen molar-refractivity contribution in [3.63, 3.8) is 0 Å². The maximum absolute atomic E-state index is 12.1. The minimum atomic E-state index is -2.23. The predicted molar refractivity (Wildman–Crippen MR) is 64.1 cm³/mol. The zero-order valence-corrected chi connectivity index (χ0v) is 9.88. The first-order valence-corrected chi connectivity index (χ1v) is 6.72. The van der Waals surface area contributed by atoms with Gasteiger partial charge < -0.3 is 0 Å². The van der Waals surface area contributed by atoms with Crippen LogP contribution in [0.3, 0.4) is 0 Å². The highest BCUT2D eigenvalue weighted by Crippen LogP contribution is 2.10. The second-order valence-corrected chi connectivity index (χ2v) is 5.48. The molecule has 0 saturated carbocycles. The first-order chi connectivity index (χ1) is 7.17. The summed E-state index contributed by atoms with van der Waals surface area (Å²) in [6.07, 6.45) is 2.34. The van der Waals surface area contributed by atoms with Gasteiger partial charge in [0.05, 0.1) is 16.3 Å². The molecule has 0 unspecified atom stereocenters. The number of hydrogen-bond donors (Lipinski definition) is 0. The van der Waals surface area contributed by atoms with E-state index in [4.69, 9.17) is 0 Å². The van der Waals surface area contributed by atoms with Crippen molar-refractivity contribution in [3.05, 3.63) is 30.3 Å². The average molecular weight is 221 g/mol. The largest absolute Gasteiger partial charge is 0.245 e. The molecule has 1 atom stereocenters. The van der Waals surface area contributed by atoms with Crippen molar-refractivity contribution in [1.29, 1.82) is 0 Å². The highest BCUT2D eigenvalue weighted by molar-refractivity contribution is 7.93. The van der Waals surface area contributed by atoms with Crippen molar-refractivity contribution in [2.45, 2.75) is 18.2 Å². The van der Waals surface area contributed by atoms with E-state index in [1.54, 1.807) is 13.2 Å². The van der Waals surface area contributed by atoms with Crippen molar-refractivity contribution >= 4 is 9.73 Å². The molecule has 0 saturated heterocycles. The molecule has 3 heteroatoms. The zero-order valence-electron chi connectivity index (χ0n) is 9.06.